The second kappa shape index (κ2) is 10.8. The number of carbonyl (C=O) groups is 1. The van der Waals surface area contributed by atoms with Gasteiger partial charge in [0.05, 0.1) is 18.8 Å². The lowest BCUT2D eigenvalue weighted by Crippen LogP contribution is -2.50. The van der Waals surface area contributed by atoms with Crippen molar-refractivity contribution in [1.82, 2.24) is 44.7 Å². The van der Waals surface area contributed by atoms with E-state index in [9.17, 15) is 14.7 Å². The lowest BCUT2D eigenvalue weighted by molar-refractivity contribution is -0.123. The van der Waals surface area contributed by atoms with Gasteiger partial charge in [0.15, 0.2) is 5.65 Å². The number of H-pyrrole nitrogens is 2. The van der Waals surface area contributed by atoms with E-state index in [4.69, 9.17) is 9.98 Å². The van der Waals surface area contributed by atoms with Crippen LogP contribution in [0.3, 0.4) is 0 Å². The maximum atomic E-state index is 12.6. The molecule has 6 rings (SSSR count). The molecule has 39 heavy (non-hydrogen) atoms. The quantitative estimate of drug-likeness (QED) is 0.242. The maximum Gasteiger partial charge on any atom is 0.326 e. The fourth-order valence-corrected chi connectivity index (χ4v) is 5.19. The predicted molar refractivity (Wildman–Crippen MR) is 143 cm³/mol. The van der Waals surface area contributed by atoms with Crippen LogP contribution in [0.2, 0.25) is 0 Å². The molecule has 5 N–H and O–H groups in total. The molecular weight excluding hydrogens is 502 g/mol. The molecule has 1 amide bonds. The molecule has 2 aliphatic carbocycles. The minimum absolute atomic E-state index is 0.107. The third kappa shape index (κ3) is 6.11. The van der Waals surface area contributed by atoms with Crippen LogP contribution in [0.5, 0.6) is 5.88 Å². The van der Waals surface area contributed by atoms with Gasteiger partial charge < -0.3 is 25.6 Å². The van der Waals surface area contributed by atoms with Crippen molar-refractivity contribution in [3.63, 3.8) is 0 Å². The molecule has 14 heteroatoms. The molecule has 208 valence electrons. The van der Waals surface area contributed by atoms with E-state index in [1.807, 2.05) is 0 Å². The third-order valence-corrected chi connectivity index (χ3v) is 7.65. The summed E-state index contributed by atoms with van der Waals surface area (Å²) in [5.41, 5.74) is 0.749. The van der Waals surface area contributed by atoms with E-state index in [0.29, 0.717) is 29.0 Å². The Morgan fingerprint density at radius 1 is 1.10 bits per heavy atom. The number of rotatable bonds is 7. The fraction of sp³-hybridized carbons (Fsp3) is 0.600. The van der Waals surface area contributed by atoms with Crippen molar-refractivity contribution in [3.8, 4) is 5.88 Å². The fourth-order valence-electron chi connectivity index (χ4n) is 5.19. The topological polar surface area (TPSA) is 172 Å². The Balaban J connectivity index is 1.13. The lowest BCUT2D eigenvalue weighted by Gasteiger charge is -2.33. The number of imidazole rings is 1. The Hall–Kier alpha value is -3.78. The number of aromatic hydroxyl groups is 1. The number of aromatic amines is 2. The van der Waals surface area contributed by atoms with Crippen LogP contribution < -0.4 is 27.2 Å². The van der Waals surface area contributed by atoms with Gasteiger partial charge in [-0.15, -0.1) is 0 Å². The van der Waals surface area contributed by atoms with Crippen LogP contribution in [0.25, 0.3) is 11.7 Å². The van der Waals surface area contributed by atoms with Gasteiger partial charge in [-0.05, 0) is 51.6 Å². The van der Waals surface area contributed by atoms with E-state index in [0.717, 1.165) is 64.7 Å². The average molecular weight is 538 g/mol. The van der Waals surface area contributed by atoms with Gasteiger partial charge in [0.2, 0.25) is 17.7 Å². The Bertz CT molecular complexity index is 1510. The van der Waals surface area contributed by atoms with Gasteiger partial charge in [-0.3, -0.25) is 14.7 Å². The highest BCUT2D eigenvalue weighted by atomic mass is 16.3. The van der Waals surface area contributed by atoms with E-state index >= 15 is 0 Å². The molecule has 0 spiro atoms. The molecule has 0 unspecified atom stereocenters. The SMILES string of the molecule is CN1CCN(CC(=O)NC2CCC(Nc3nc(=NC4CC4)n4nc/c(=C/c5[nH]c(=O)[nH]c5O)c4n3)CC2)CC1. The van der Waals surface area contributed by atoms with E-state index < -0.39 is 5.69 Å². The summed E-state index contributed by atoms with van der Waals surface area (Å²) in [5, 5.41) is 21.7. The second-order valence-electron chi connectivity index (χ2n) is 10.9. The van der Waals surface area contributed by atoms with E-state index in [1.54, 1.807) is 16.8 Å². The molecule has 2 saturated carbocycles. The Kier molecular flexibility index (Phi) is 7.04. The molecule has 14 nitrogen and oxygen atoms in total. The van der Waals surface area contributed by atoms with Gasteiger partial charge in [-0.2, -0.15) is 19.6 Å². The zero-order chi connectivity index (χ0) is 26.9. The van der Waals surface area contributed by atoms with E-state index in [-0.39, 0.29) is 35.6 Å². The Morgan fingerprint density at radius 2 is 1.85 bits per heavy atom. The molecule has 0 aromatic carbocycles. The van der Waals surface area contributed by atoms with Crippen LogP contribution in [0.15, 0.2) is 16.0 Å². The summed E-state index contributed by atoms with van der Waals surface area (Å²) in [7, 11) is 2.11. The molecule has 3 aromatic rings. The van der Waals surface area contributed by atoms with Gasteiger partial charge in [0.1, 0.15) is 5.69 Å². The first-order chi connectivity index (χ1) is 18.9. The van der Waals surface area contributed by atoms with Gasteiger partial charge in [0, 0.05) is 43.5 Å². The summed E-state index contributed by atoms with van der Waals surface area (Å²) < 4.78 is 1.59. The minimum Gasteiger partial charge on any atom is -0.493 e. The largest absolute Gasteiger partial charge is 0.493 e. The van der Waals surface area contributed by atoms with Crippen molar-refractivity contribution in [1.29, 1.82) is 0 Å². The van der Waals surface area contributed by atoms with E-state index in [1.165, 1.54) is 0 Å². The van der Waals surface area contributed by atoms with Crippen LogP contribution in [0, 0.1) is 0 Å². The maximum absolute atomic E-state index is 12.6. The summed E-state index contributed by atoms with van der Waals surface area (Å²) in [6, 6.07) is 0.592. The normalized spacial score (nSPS) is 23.9. The highest BCUT2D eigenvalue weighted by molar-refractivity contribution is 5.78. The number of carbonyl (C=O) groups excluding carboxylic acids is 1. The molecule has 0 radical (unpaired) electrons. The molecular formula is C25H35N11O3. The zero-order valence-corrected chi connectivity index (χ0v) is 22.1. The zero-order valence-electron chi connectivity index (χ0n) is 22.1. The molecule has 0 bridgehead atoms. The van der Waals surface area contributed by atoms with Gasteiger partial charge in [-0.1, -0.05) is 0 Å². The number of nitrogens with one attached hydrogen (secondary N) is 4. The van der Waals surface area contributed by atoms with Gasteiger partial charge in [0.25, 0.3) is 5.62 Å². The van der Waals surface area contributed by atoms with Crippen molar-refractivity contribution in [2.24, 2.45) is 4.99 Å². The van der Waals surface area contributed by atoms with Crippen LogP contribution in [0.1, 0.15) is 44.2 Å². The number of hydrogen-bond acceptors (Lipinski definition) is 10. The number of fused-ring (bicyclic) bond motifs is 1. The van der Waals surface area contributed by atoms with Crippen molar-refractivity contribution >= 4 is 23.6 Å². The summed E-state index contributed by atoms with van der Waals surface area (Å²) in [6.45, 7) is 4.33. The summed E-state index contributed by atoms with van der Waals surface area (Å²) in [4.78, 5) is 47.6. The molecule has 3 aromatic heterocycles. The lowest BCUT2D eigenvalue weighted by atomic mass is 9.91. The summed E-state index contributed by atoms with van der Waals surface area (Å²) >= 11 is 0. The molecule has 1 saturated heterocycles. The molecule has 0 atom stereocenters. The van der Waals surface area contributed by atoms with Crippen LogP contribution in [0.4, 0.5) is 5.95 Å². The molecule has 3 aliphatic rings. The first-order valence-corrected chi connectivity index (χ1v) is 13.7. The Morgan fingerprint density at radius 3 is 2.54 bits per heavy atom. The first-order valence-electron chi connectivity index (χ1n) is 13.7. The Labute approximate surface area is 224 Å². The first kappa shape index (κ1) is 25.5. The van der Waals surface area contributed by atoms with Crippen molar-refractivity contribution in [3.05, 3.63) is 33.2 Å². The van der Waals surface area contributed by atoms with Crippen LogP contribution in [-0.2, 0) is 4.79 Å². The molecule has 1 aliphatic heterocycles. The number of amides is 1. The number of likely N-dealkylation sites (N-methyl/N-ethyl adjacent to an activating group) is 1. The smallest absolute Gasteiger partial charge is 0.326 e. The molecule has 3 fully saturated rings. The van der Waals surface area contributed by atoms with Crippen LogP contribution in [-0.4, -0.2) is 108 Å². The van der Waals surface area contributed by atoms with Crippen molar-refractivity contribution in [2.75, 3.05) is 45.1 Å². The standard InChI is InChI=1S/C25H35N11O3/c1-34-8-10-35(11-9-34)14-20(37)27-16-2-4-17(5-3-16)28-23-31-21-15(12-19-22(38)32-25(39)30-19)13-26-36(21)24(33-23)29-18-6-7-18/h12-13,16-18,38H,2-11,14H2,1H3,(H,27,37)(H,28,29,33)(H2,30,32,39)/b15-12-. The minimum atomic E-state index is -0.497. The highest BCUT2D eigenvalue weighted by Crippen LogP contribution is 2.23. The van der Waals surface area contributed by atoms with Gasteiger partial charge in [-0.25, -0.2) is 9.79 Å². The average Bonchev–Trinajstić information content (AvgIpc) is 3.54. The third-order valence-electron chi connectivity index (χ3n) is 7.65. The number of aromatic nitrogens is 6. The number of nitrogens with zero attached hydrogens (tertiary/aromatic N) is 7. The highest BCUT2D eigenvalue weighted by Gasteiger charge is 2.25. The summed E-state index contributed by atoms with van der Waals surface area (Å²) in [6.07, 6.45) is 8.83. The van der Waals surface area contributed by atoms with E-state index in [2.05, 4.69) is 47.5 Å². The monoisotopic (exact) mass is 537 g/mol. The molecule has 4 heterocycles. The van der Waals surface area contributed by atoms with Crippen molar-refractivity contribution in [2.45, 2.75) is 56.7 Å². The number of hydrogen-bond donors (Lipinski definition) is 5. The van der Waals surface area contributed by atoms with Gasteiger partial charge >= 0.3 is 5.69 Å². The summed E-state index contributed by atoms with van der Waals surface area (Å²) in [5.74, 6) is 0.323. The second-order valence-corrected chi connectivity index (χ2v) is 10.9. The van der Waals surface area contributed by atoms with Crippen LogP contribution >= 0.6 is 0 Å². The number of anilines is 1. The predicted octanol–water partition coefficient (Wildman–Crippen LogP) is -1.46. The van der Waals surface area contributed by atoms with Crippen molar-refractivity contribution < 1.29 is 9.90 Å². The number of piperazine rings is 1.